The van der Waals surface area contributed by atoms with Gasteiger partial charge in [-0.1, -0.05) is 53.7 Å². The SMILES string of the molecule is O=C(N=Nc1c(O)n(Cc2ccccc2)c2ccccc12)c1ccc(/C=N\O)nc1. The molecule has 4 rings (SSSR count). The van der Waals surface area contributed by atoms with Gasteiger partial charge in [-0.2, -0.15) is 0 Å². The van der Waals surface area contributed by atoms with E-state index in [0.29, 0.717) is 17.6 Å². The smallest absolute Gasteiger partial charge is 0.296 e. The number of carbonyl (C=O) groups excluding carboxylic acids is 1. The van der Waals surface area contributed by atoms with E-state index in [9.17, 15) is 9.90 Å². The number of carbonyl (C=O) groups is 1. The highest BCUT2D eigenvalue weighted by Gasteiger charge is 2.17. The number of nitrogens with zero attached hydrogens (tertiary/aromatic N) is 5. The fourth-order valence-corrected chi connectivity index (χ4v) is 3.12. The molecule has 0 aliphatic rings. The Hall–Kier alpha value is -4.33. The molecule has 2 heterocycles. The fraction of sp³-hybridized carbons (Fsp3) is 0.0455. The van der Waals surface area contributed by atoms with Crippen molar-refractivity contribution in [2.75, 3.05) is 0 Å². The first-order valence-corrected chi connectivity index (χ1v) is 9.11. The first kappa shape index (κ1) is 19.0. The minimum atomic E-state index is -0.603. The zero-order valence-electron chi connectivity index (χ0n) is 15.8. The third kappa shape index (κ3) is 3.79. The number of rotatable bonds is 5. The van der Waals surface area contributed by atoms with Crippen LogP contribution in [0.5, 0.6) is 5.88 Å². The van der Waals surface area contributed by atoms with Crippen LogP contribution in [0.4, 0.5) is 5.69 Å². The molecule has 0 radical (unpaired) electrons. The number of oxime groups is 1. The summed E-state index contributed by atoms with van der Waals surface area (Å²) in [5.41, 5.74) is 2.65. The summed E-state index contributed by atoms with van der Waals surface area (Å²) in [4.78, 5) is 16.3. The molecule has 0 atom stereocenters. The Kier molecular flexibility index (Phi) is 5.29. The van der Waals surface area contributed by atoms with Crippen LogP contribution in [0.25, 0.3) is 10.9 Å². The number of azo groups is 1. The predicted octanol–water partition coefficient (Wildman–Crippen LogP) is 4.52. The Morgan fingerprint density at radius 3 is 2.53 bits per heavy atom. The molecule has 0 spiro atoms. The second-order valence-electron chi connectivity index (χ2n) is 6.48. The van der Waals surface area contributed by atoms with Gasteiger partial charge in [0.25, 0.3) is 5.91 Å². The van der Waals surface area contributed by atoms with Gasteiger partial charge in [-0.25, -0.2) is 0 Å². The summed E-state index contributed by atoms with van der Waals surface area (Å²) in [5, 5.41) is 30.7. The van der Waals surface area contributed by atoms with Gasteiger partial charge in [-0.05, 0) is 23.8 Å². The van der Waals surface area contributed by atoms with Crippen molar-refractivity contribution in [1.82, 2.24) is 9.55 Å². The standard InChI is InChI=1S/C22H17N5O3/c28-21(16-10-11-17(13-24-30)23-12-16)26-25-20-18-8-4-5-9-19(18)27(22(20)29)14-15-6-2-1-3-7-15/h1-13,29-30H,14H2/b24-13-,26-25?. The van der Waals surface area contributed by atoms with Gasteiger partial charge in [-0.15, -0.1) is 10.2 Å². The number of aromatic hydroxyl groups is 1. The van der Waals surface area contributed by atoms with E-state index in [1.807, 2.05) is 54.6 Å². The van der Waals surface area contributed by atoms with E-state index in [1.165, 1.54) is 18.3 Å². The molecule has 2 N–H and O–H groups in total. The molecule has 0 bridgehead atoms. The summed E-state index contributed by atoms with van der Waals surface area (Å²) in [6.45, 7) is 0.453. The number of fused-ring (bicyclic) bond motifs is 1. The highest BCUT2D eigenvalue weighted by atomic mass is 16.4. The lowest BCUT2D eigenvalue weighted by molar-refractivity contribution is 0.0994. The normalized spacial score (nSPS) is 11.6. The molecule has 148 valence electrons. The molecule has 0 aliphatic heterocycles. The van der Waals surface area contributed by atoms with Crippen LogP contribution >= 0.6 is 0 Å². The van der Waals surface area contributed by atoms with Crippen molar-refractivity contribution < 1.29 is 15.1 Å². The van der Waals surface area contributed by atoms with Crippen LogP contribution in [0, 0.1) is 0 Å². The summed E-state index contributed by atoms with van der Waals surface area (Å²) in [6.07, 6.45) is 2.46. The maximum atomic E-state index is 12.4. The number of hydrogen-bond donors (Lipinski definition) is 2. The highest BCUT2D eigenvalue weighted by molar-refractivity contribution is 5.97. The van der Waals surface area contributed by atoms with E-state index >= 15 is 0 Å². The molecule has 2 aromatic heterocycles. The van der Waals surface area contributed by atoms with Gasteiger partial charge in [0.2, 0.25) is 5.88 Å². The van der Waals surface area contributed by atoms with Crippen LogP contribution < -0.4 is 0 Å². The quantitative estimate of drug-likeness (QED) is 0.222. The first-order valence-electron chi connectivity index (χ1n) is 9.11. The number of para-hydroxylation sites is 1. The Bertz CT molecular complexity index is 1250. The van der Waals surface area contributed by atoms with Crippen molar-refractivity contribution in [2.45, 2.75) is 6.54 Å². The lowest BCUT2D eigenvalue weighted by Crippen LogP contribution is -1.98. The van der Waals surface area contributed by atoms with Crippen LogP contribution in [0.2, 0.25) is 0 Å². The molecule has 0 saturated heterocycles. The van der Waals surface area contributed by atoms with Crippen LogP contribution in [-0.4, -0.2) is 32.0 Å². The van der Waals surface area contributed by atoms with E-state index in [1.54, 1.807) is 4.57 Å². The lowest BCUT2D eigenvalue weighted by Gasteiger charge is -2.06. The maximum Gasteiger partial charge on any atom is 0.296 e. The van der Waals surface area contributed by atoms with Gasteiger partial charge in [0.15, 0.2) is 5.69 Å². The Balaban J connectivity index is 1.67. The summed E-state index contributed by atoms with van der Waals surface area (Å²) in [6, 6.07) is 20.2. The molecule has 4 aromatic rings. The van der Waals surface area contributed by atoms with E-state index in [4.69, 9.17) is 5.21 Å². The van der Waals surface area contributed by atoms with Crippen molar-refractivity contribution in [3.05, 3.63) is 89.7 Å². The Morgan fingerprint density at radius 1 is 1.03 bits per heavy atom. The molecule has 8 nitrogen and oxygen atoms in total. The molecular formula is C22H17N5O3. The molecule has 30 heavy (non-hydrogen) atoms. The second kappa shape index (κ2) is 8.36. The van der Waals surface area contributed by atoms with Crippen molar-refractivity contribution in [1.29, 1.82) is 0 Å². The second-order valence-corrected chi connectivity index (χ2v) is 6.48. The molecular weight excluding hydrogens is 382 g/mol. The minimum absolute atomic E-state index is 0.0655. The molecule has 1 amide bonds. The van der Waals surface area contributed by atoms with Gasteiger partial charge in [0, 0.05) is 11.6 Å². The van der Waals surface area contributed by atoms with E-state index in [2.05, 4.69) is 20.4 Å². The Labute approximate surface area is 171 Å². The average molecular weight is 399 g/mol. The largest absolute Gasteiger partial charge is 0.493 e. The minimum Gasteiger partial charge on any atom is -0.493 e. The van der Waals surface area contributed by atoms with Crippen LogP contribution in [0.3, 0.4) is 0 Å². The highest BCUT2D eigenvalue weighted by Crippen LogP contribution is 2.39. The number of aromatic nitrogens is 2. The topological polar surface area (TPSA) is 112 Å². The van der Waals surface area contributed by atoms with Crippen molar-refractivity contribution in [2.24, 2.45) is 15.4 Å². The van der Waals surface area contributed by atoms with E-state index < -0.39 is 5.91 Å². The number of benzene rings is 2. The van der Waals surface area contributed by atoms with Crippen molar-refractivity contribution in [3.8, 4) is 5.88 Å². The van der Waals surface area contributed by atoms with Gasteiger partial charge in [-0.3, -0.25) is 9.78 Å². The summed E-state index contributed by atoms with van der Waals surface area (Å²) in [7, 11) is 0. The van der Waals surface area contributed by atoms with E-state index in [0.717, 1.165) is 17.3 Å². The van der Waals surface area contributed by atoms with Crippen LogP contribution in [0.15, 0.2) is 88.3 Å². The maximum absolute atomic E-state index is 12.4. The molecule has 0 saturated carbocycles. The molecule has 0 unspecified atom stereocenters. The number of amides is 1. The third-order valence-corrected chi connectivity index (χ3v) is 4.57. The Morgan fingerprint density at radius 2 is 1.80 bits per heavy atom. The summed E-state index contributed by atoms with van der Waals surface area (Å²) in [5.74, 6) is -0.668. The predicted molar refractivity (Wildman–Crippen MR) is 112 cm³/mol. The summed E-state index contributed by atoms with van der Waals surface area (Å²) < 4.78 is 1.73. The molecule has 8 heteroatoms. The van der Waals surface area contributed by atoms with Crippen LogP contribution in [0.1, 0.15) is 21.6 Å². The molecule has 0 fully saturated rings. The van der Waals surface area contributed by atoms with Crippen molar-refractivity contribution in [3.63, 3.8) is 0 Å². The number of pyridine rings is 1. The fourth-order valence-electron chi connectivity index (χ4n) is 3.12. The monoisotopic (exact) mass is 399 g/mol. The summed E-state index contributed by atoms with van der Waals surface area (Å²) >= 11 is 0. The average Bonchev–Trinajstić information content (AvgIpc) is 3.04. The van der Waals surface area contributed by atoms with Crippen LogP contribution in [-0.2, 0) is 6.54 Å². The number of hydrogen-bond acceptors (Lipinski definition) is 6. The van der Waals surface area contributed by atoms with E-state index in [-0.39, 0.29) is 17.1 Å². The van der Waals surface area contributed by atoms with Crippen molar-refractivity contribution >= 4 is 28.7 Å². The van der Waals surface area contributed by atoms with Gasteiger partial charge >= 0.3 is 0 Å². The first-order chi connectivity index (χ1) is 14.7. The lowest BCUT2D eigenvalue weighted by atomic mass is 10.2. The third-order valence-electron chi connectivity index (χ3n) is 4.57. The van der Waals surface area contributed by atoms with Gasteiger partial charge in [0.05, 0.1) is 29.5 Å². The molecule has 0 aliphatic carbocycles. The molecule has 2 aromatic carbocycles. The van der Waals surface area contributed by atoms with Gasteiger partial charge in [0.1, 0.15) is 0 Å². The zero-order chi connectivity index (χ0) is 20.9. The van der Waals surface area contributed by atoms with Gasteiger partial charge < -0.3 is 14.9 Å². The zero-order valence-corrected chi connectivity index (χ0v) is 15.8.